The summed E-state index contributed by atoms with van der Waals surface area (Å²) in [7, 11) is 0. The first-order valence-corrected chi connectivity index (χ1v) is 5.16. The Bertz CT molecular complexity index is 410. The van der Waals surface area contributed by atoms with E-state index in [2.05, 4.69) is 0 Å². The summed E-state index contributed by atoms with van der Waals surface area (Å²) in [4.78, 5) is 11.1. The van der Waals surface area contributed by atoms with Crippen LogP contribution in [0.25, 0.3) is 0 Å². The Labute approximate surface area is 94.7 Å². The lowest BCUT2D eigenvalue weighted by molar-refractivity contribution is -0.121. The molecule has 0 aliphatic heterocycles. The smallest absolute Gasteiger partial charge is 0.221 e. The van der Waals surface area contributed by atoms with Crippen LogP contribution < -0.4 is 0 Å². The molecule has 0 N–H and O–H groups in total. The Morgan fingerprint density at radius 2 is 2.06 bits per heavy atom. The molecule has 0 fully saturated rings. The summed E-state index contributed by atoms with van der Waals surface area (Å²) < 4.78 is 14.4. The number of alkyl halides is 1. The molecule has 0 bridgehead atoms. The molecule has 0 amide bonds. The first-order valence-electron chi connectivity index (χ1n) is 5.16. The van der Waals surface area contributed by atoms with Crippen LogP contribution in [0.4, 0.5) is 4.39 Å². The maximum absolute atomic E-state index is 14.4. The van der Waals surface area contributed by atoms with Crippen LogP contribution in [0.15, 0.2) is 30.3 Å². The van der Waals surface area contributed by atoms with E-state index in [9.17, 15) is 9.18 Å². The van der Waals surface area contributed by atoms with Crippen molar-refractivity contribution in [3.05, 3.63) is 35.9 Å². The lowest BCUT2D eigenvalue weighted by Crippen LogP contribution is -2.24. The molecule has 0 saturated carbocycles. The zero-order valence-corrected chi connectivity index (χ0v) is 9.40. The van der Waals surface area contributed by atoms with Crippen LogP contribution >= 0.6 is 0 Å². The summed E-state index contributed by atoms with van der Waals surface area (Å²) in [5.41, 5.74) is -1.77. The Hall–Kier alpha value is -1.69. The van der Waals surface area contributed by atoms with E-state index in [-0.39, 0.29) is 12.2 Å². The van der Waals surface area contributed by atoms with Gasteiger partial charge in [0, 0.05) is 17.9 Å². The molecule has 0 heterocycles. The molecule has 0 aromatic heterocycles. The van der Waals surface area contributed by atoms with Crippen LogP contribution in [0.3, 0.4) is 0 Å². The highest BCUT2D eigenvalue weighted by Gasteiger charge is 2.34. The highest BCUT2D eigenvalue weighted by atomic mass is 19.1. The van der Waals surface area contributed by atoms with Gasteiger partial charge in [0.05, 0.1) is 0 Å². The van der Waals surface area contributed by atoms with Crippen molar-refractivity contribution in [2.24, 2.45) is 5.92 Å². The monoisotopic (exact) mass is 219 g/mol. The van der Waals surface area contributed by atoms with E-state index in [1.165, 1.54) is 6.92 Å². The number of rotatable bonds is 4. The number of hydrogen-bond acceptors (Lipinski definition) is 2. The lowest BCUT2D eigenvalue weighted by Gasteiger charge is -2.20. The predicted molar refractivity (Wildman–Crippen MR) is 59.3 cm³/mol. The maximum Gasteiger partial charge on any atom is 0.221 e. The second-order valence-corrected chi connectivity index (χ2v) is 3.99. The summed E-state index contributed by atoms with van der Waals surface area (Å²) in [6, 6.07) is 9.91. The minimum atomic E-state index is -2.08. The zero-order chi connectivity index (χ0) is 12.2. The topological polar surface area (TPSA) is 40.9 Å². The van der Waals surface area contributed by atoms with Gasteiger partial charge in [0.1, 0.15) is 11.9 Å². The molecule has 84 valence electrons. The summed E-state index contributed by atoms with van der Waals surface area (Å²) in [6.07, 6.45) is -0.0944. The van der Waals surface area contributed by atoms with Crippen LogP contribution in [0, 0.1) is 17.2 Å². The van der Waals surface area contributed by atoms with Crippen molar-refractivity contribution in [1.82, 2.24) is 0 Å². The van der Waals surface area contributed by atoms with Gasteiger partial charge in [-0.15, -0.1) is 0 Å². The van der Waals surface area contributed by atoms with Crippen LogP contribution in [-0.2, 0) is 10.5 Å². The largest absolute Gasteiger partial charge is 0.300 e. The molecule has 1 rings (SSSR count). The molecule has 1 aromatic rings. The number of halogens is 1. The first kappa shape index (κ1) is 12.4. The van der Waals surface area contributed by atoms with Crippen LogP contribution in [0.5, 0.6) is 0 Å². The number of carbonyl (C=O) groups is 1. The molecule has 2 atom stereocenters. The summed E-state index contributed by atoms with van der Waals surface area (Å²) in [6.45, 7) is 3.05. The van der Waals surface area contributed by atoms with Crippen molar-refractivity contribution < 1.29 is 9.18 Å². The van der Waals surface area contributed by atoms with Crippen LogP contribution in [-0.4, -0.2) is 5.78 Å². The van der Waals surface area contributed by atoms with Gasteiger partial charge in [0.2, 0.25) is 5.67 Å². The zero-order valence-electron chi connectivity index (χ0n) is 9.40. The van der Waals surface area contributed by atoms with E-state index in [1.54, 1.807) is 43.3 Å². The van der Waals surface area contributed by atoms with Gasteiger partial charge in [-0.1, -0.05) is 37.3 Å². The van der Waals surface area contributed by atoms with E-state index >= 15 is 0 Å². The fourth-order valence-electron chi connectivity index (χ4n) is 1.50. The van der Waals surface area contributed by atoms with Crippen molar-refractivity contribution in [2.75, 3.05) is 0 Å². The maximum atomic E-state index is 14.4. The van der Waals surface area contributed by atoms with E-state index in [1.807, 2.05) is 0 Å². The SMILES string of the molecule is CC(=O)C(C)CC(F)(C#N)c1ccccc1. The number of ketones is 1. The normalized spacial score (nSPS) is 15.9. The first-order chi connectivity index (χ1) is 7.49. The molecular weight excluding hydrogens is 205 g/mol. The molecule has 0 aliphatic rings. The molecule has 0 saturated heterocycles. The van der Waals surface area contributed by atoms with Gasteiger partial charge in [-0.25, -0.2) is 4.39 Å². The Kier molecular flexibility index (Phi) is 3.78. The molecule has 0 aliphatic carbocycles. The number of nitriles is 1. The number of Topliss-reactive ketones (excluding diaryl/α,β-unsaturated/α-hetero) is 1. The van der Waals surface area contributed by atoms with Gasteiger partial charge in [-0.2, -0.15) is 5.26 Å². The molecular formula is C13H14FNO. The Balaban J connectivity index is 2.96. The molecule has 2 nitrogen and oxygen atoms in total. The van der Waals surface area contributed by atoms with Gasteiger partial charge in [-0.3, -0.25) is 4.79 Å². The molecule has 0 spiro atoms. The molecule has 1 aromatic carbocycles. The van der Waals surface area contributed by atoms with Crippen molar-refractivity contribution in [3.63, 3.8) is 0 Å². The Morgan fingerprint density at radius 3 is 2.50 bits per heavy atom. The van der Waals surface area contributed by atoms with Crippen molar-refractivity contribution in [3.8, 4) is 6.07 Å². The third-order valence-corrected chi connectivity index (χ3v) is 2.69. The third kappa shape index (κ3) is 2.66. The highest BCUT2D eigenvalue weighted by molar-refractivity contribution is 5.78. The number of benzene rings is 1. The second kappa shape index (κ2) is 4.89. The van der Waals surface area contributed by atoms with Gasteiger partial charge in [0.15, 0.2) is 0 Å². The number of hydrogen-bond donors (Lipinski definition) is 0. The van der Waals surface area contributed by atoms with E-state index in [0.717, 1.165) is 0 Å². The molecule has 0 radical (unpaired) electrons. The summed E-state index contributed by atoms with van der Waals surface area (Å²) in [5, 5.41) is 8.93. The minimum absolute atomic E-state index is 0.0944. The fourth-order valence-corrected chi connectivity index (χ4v) is 1.50. The summed E-state index contributed by atoms with van der Waals surface area (Å²) in [5.74, 6) is -0.557. The molecule has 3 heteroatoms. The highest BCUT2D eigenvalue weighted by Crippen LogP contribution is 2.32. The van der Waals surface area contributed by atoms with Crippen molar-refractivity contribution in [2.45, 2.75) is 25.9 Å². The van der Waals surface area contributed by atoms with E-state index < -0.39 is 11.6 Å². The third-order valence-electron chi connectivity index (χ3n) is 2.69. The average Bonchev–Trinajstić information content (AvgIpc) is 2.29. The quantitative estimate of drug-likeness (QED) is 0.781. The van der Waals surface area contributed by atoms with Gasteiger partial charge < -0.3 is 0 Å². The predicted octanol–water partition coefficient (Wildman–Crippen LogP) is 2.99. The number of carbonyl (C=O) groups excluding carboxylic acids is 1. The second-order valence-electron chi connectivity index (χ2n) is 3.99. The van der Waals surface area contributed by atoms with Gasteiger partial charge in [0.25, 0.3) is 0 Å². The number of nitrogens with zero attached hydrogens (tertiary/aromatic N) is 1. The van der Waals surface area contributed by atoms with Crippen molar-refractivity contribution in [1.29, 1.82) is 5.26 Å². The minimum Gasteiger partial charge on any atom is -0.300 e. The van der Waals surface area contributed by atoms with E-state index in [0.29, 0.717) is 5.56 Å². The average molecular weight is 219 g/mol. The lowest BCUT2D eigenvalue weighted by atomic mass is 9.86. The van der Waals surface area contributed by atoms with Gasteiger partial charge >= 0.3 is 0 Å². The van der Waals surface area contributed by atoms with Crippen LogP contribution in [0.1, 0.15) is 25.8 Å². The van der Waals surface area contributed by atoms with Gasteiger partial charge in [-0.05, 0) is 6.92 Å². The Morgan fingerprint density at radius 1 is 1.50 bits per heavy atom. The molecule has 16 heavy (non-hydrogen) atoms. The fraction of sp³-hybridized carbons (Fsp3) is 0.385. The van der Waals surface area contributed by atoms with E-state index in [4.69, 9.17) is 5.26 Å². The standard InChI is InChI=1S/C13H14FNO/c1-10(11(2)16)8-13(14,9-15)12-6-4-3-5-7-12/h3-7,10H,8H2,1-2H3. The molecule has 2 unspecified atom stereocenters. The van der Waals surface area contributed by atoms with Crippen LogP contribution in [0.2, 0.25) is 0 Å². The van der Waals surface area contributed by atoms with Crippen molar-refractivity contribution >= 4 is 5.78 Å². The summed E-state index contributed by atoms with van der Waals surface area (Å²) >= 11 is 0.